The quantitative estimate of drug-likeness (QED) is 0.554. The normalized spacial score (nSPS) is 24.6. The van der Waals surface area contributed by atoms with Crippen LogP contribution in [0.5, 0.6) is 0 Å². The lowest BCUT2D eigenvalue weighted by molar-refractivity contribution is 0.0257. The van der Waals surface area contributed by atoms with Gasteiger partial charge in [-0.25, -0.2) is 17.8 Å². The molecule has 0 bridgehead atoms. The van der Waals surface area contributed by atoms with Gasteiger partial charge in [-0.05, 0) is 57.3 Å². The monoisotopic (exact) mass is 458 g/mol. The van der Waals surface area contributed by atoms with E-state index in [-0.39, 0.29) is 24.8 Å². The van der Waals surface area contributed by atoms with Crippen molar-refractivity contribution in [2.45, 2.75) is 41.4 Å². The Labute approximate surface area is 187 Å². The summed E-state index contributed by atoms with van der Waals surface area (Å²) in [6, 6.07) is 15.5. The Morgan fingerprint density at radius 3 is 2.56 bits per heavy atom. The first-order chi connectivity index (χ1) is 15.1. The maximum Gasteiger partial charge on any atom is 0.266 e. The molecule has 2 aliphatic rings. The van der Waals surface area contributed by atoms with Crippen LogP contribution in [0.15, 0.2) is 53.4 Å². The molecule has 1 atom stereocenters. The van der Waals surface area contributed by atoms with Crippen molar-refractivity contribution < 1.29 is 13.0 Å². The molecule has 5 nitrogen and oxygen atoms in total. The molecular formula is C24H28F2N4OS. The molecule has 32 heavy (non-hydrogen) atoms. The Morgan fingerprint density at radius 1 is 1.16 bits per heavy atom. The molecule has 0 amide bonds. The first-order valence-electron chi connectivity index (χ1n) is 10.9. The van der Waals surface area contributed by atoms with Gasteiger partial charge < -0.3 is 14.8 Å². The molecule has 2 heterocycles. The van der Waals surface area contributed by atoms with E-state index in [1.807, 2.05) is 44.4 Å². The number of para-hydroxylation sites is 1. The van der Waals surface area contributed by atoms with Gasteiger partial charge in [0.1, 0.15) is 0 Å². The van der Waals surface area contributed by atoms with Gasteiger partial charge in [0.25, 0.3) is 5.92 Å². The van der Waals surface area contributed by atoms with Gasteiger partial charge >= 0.3 is 0 Å². The topological polar surface area (TPSA) is 63.2 Å². The second kappa shape index (κ2) is 7.56. The van der Waals surface area contributed by atoms with Gasteiger partial charge in [0.15, 0.2) is 0 Å². The van der Waals surface area contributed by atoms with Crippen molar-refractivity contribution in [3.8, 4) is 11.3 Å². The highest BCUT2D eigenvalue weighted by Gasteiger charge is 2.40. The summed E-state index contributed by atoms with van der Waals surface area (Å²) in [6.45, 7) is -0.0636. The van der Waals surface area contributed by atoms with Crippen molar-refractivity contribution in [2.24, 2.45) is 0 Å². The van der Waals surface area contributed by atoms with Gasteiger partial charge in [-0.15, -0.1) is 0 Å². The van der Waals surface area contributed by atoms with Gasteiger partial charge in [0, 0.05) is 51.8 Å². The third kappa shape index (κ3) is 3.69. The molecule has 1 aliphatic carbocycles. The van der Waals surface area contributed by atoms with E-state index in [1.54, 1.807) is 23.1 Å². The number of rotatable bonds is 5. The number of fused-ring (bicyclic) bond motifs is 1. The minimum absolute atomic E-state index is 0.177. The third-order valence-electron chi connectivity index (χ3n) is 6.92. The van der Waals surface area contributed by atoms with Crippen LogP contribution >= 0.6 is 0 Å². The predicted molar refractivity (Wildman–Crippen MR) is 125 cm³/mol. The molecule has 1 aliphatic heterocycles. The summed E-state index contributed by atoms with van der Waals surface area (Å²) >= 11 is 0. The molecule has 2 fully saturated rings. The SMILES string of the molecule is CN(C)C1CC([S@](=N)(=O)c2ccc(N3CCC(F)(F)C3)c(-c3cc4ccccc4[nH]3)c2)C1. The molecule has 1 aromatic heterocycles. The summed E-state index contributed by atoms with van der Waals surface area (Å²) in [5, 5.41) is 0.831. The van der Waals surface area contributed by atoms with Gasteiger partial charge in [0.2, 0.25) is 0 Å². The average molecular weight is 459 g/mol. The number of hydrogen-bond donors (Lipinski definition) is 2. The third-order valence-corrected chi connectivity index (χ3v) is 9.20. The smallest absolute Gasteiger partial charge is 0.266 e. The van der Waals surface area contributed by atoms with Crippen molar-refractivity contribution in [1.29, 1.82) is 4.78 Å². The van der Waals surface area contributed by atoms with Gasteiger partial charge in [0.05, 0.1) is 21.5 Å². The highest BCUT2D eigenvalue weighted by Crippen LogP contribution is 2.41. The first-order valence-corrected chi connectivity index (χ1v) is 12.6. The summed E-state index contributed by atoms with van der Waals surface area (Å²) < 4.78 is 50.2. The second-order valence-electron chi connectivity index (χ2n) is 9.29. The Balaban J connectivity index is 1.57. The van der Waals surface area contributed by atoms with Crippen LogP contribution in [0.4, 0.5) is 14.5 Å². The van der Waals surface area contributed by atoms with Crippen LogP contribution in [0.3, 0.4) is 0 Å². The van der Waals surface area contributed by atoms with E-state index < -0.39 is 15.7 Å². The number of nitrogens with zero attached hydrogens (tertiary/aromatic N) is 2. The van der Waals surface area contributed by atoms with E-state index >= 15 is 0 Å². The zero-order chi connectivity index (χ0) is 22.7. The predicted octanol–water partition coefficient (Wildman–Crippen LogP) is 5.18. The Hall–Kier alpha value is -2.45. The Bertz CT molecular complexity index is 1230. The summed E-state index contributed by atoms with van der Waals surface area (Å²) in [4.78, 5) is 7.66. The number of anilines is 1. The summed E-state index contributed by atoms with van der Waals surface area (Å²) in [6.07, 6.45) is 1.29. The van der Waals surface area contributed by atoms with Crippen LogP contribution < -0.4 is 4.90 Å². The number of aromatic nitrogens is 1. The van der Waals surface area contributed by atoms with Gasteiger partial charge in [-0.1, -0.05) is 18.2 Å². The summed E-state index contributed by atoms with van der Waals surface area (Å²) in [7, 11) is 1.00. The van der Waals surface area contributed by atoms with Crippen molar-refractivity contribution in [3.05, 3.63) is 48.5 Å². The van der Waals surface area contributed by atoms with Crippen LogP contribution in [-0.2, 0) is 9.73 Å². The minimum atomic E-state index is -3.00. The zero-order valence-electron chi connectivity index (χ0n) is 18.3. The lowest BCUT2D eigenvalue weighted by atomic mass is 9.91. The van der Waals surface area contributed by atoms with E-state index in [0.717, 1.165) is 35.0 Å². The van der Waals surface area contributed by atoms with Crippen LogP contribution in [0.25, 0.3) is 22.2 Å². The van der Waals surface area contributed by atoms with Crippen molar-refractivity contribution >= 4 is 26.3 Å². The number of halogens is 2. The number of aromatic amines is 1. The molecule has 5 rings (SSSR count). The minimum Gasteiger partial charge on any atom is -0.365 e. The number of nitrogens with one attached hydrogen (secondary N) is 2. The molecule has 2 N–H and O–H groups in total. The molecule has 2 aromatic carbocycles. The fourth-order valence-electron chi connectivity index (χ4n) is 4.78. The number of hydrogen-bond acceptors (Lipinski definition) is 4. The molecule has 0 spiro atoms. The molecule has 170 valence electrons. The number of benzene rings is 2. The van der Waals surface area contributed by atoms with E-state index in [2.05, 4.69) is 9.88 Å². The van der Waals surface area contributed by atoms with Crippen LogP contribution in [0.2, 0.25) is 0 Å². The molecule has 3 aromatic rings. The average Bonchev–Trinajstić information content (AvgIpc) is 3.28. The van der Waals surface area contributed by atoms with Crippen LogP contribution in [0.1, 0.15) is 19.3 Å². The lowest BCUT2D eigenvalue weighted by Crippen LogP contribution is -2.46. The van der Waals surface area contributed by atoms with E-state index in [1.165, 1.54) is 0 Å². The van der Waals surface area contributed by atoms with Crippen molar-refractivity contribution in [2.75, 3.05) is 32.1 Å². The first kappa shape index (κ1) is 21.4. The largest absolute Gasteiger partial charge is 0.365 e. The maximum absolute atomic E-state index is 14.0. The standard InChI is InChI=1S/C24H28F2N4OS/c1-29(2)17-12-19(13-17)32(27,31)18-7-8-23(30-10-9-24(25,26)15-30)20(14-18)22-11-16-5-3-4-6-21(16)28-22/h3-8,11,14,17,19,27-28H,9-10,12-13,15H2,1-2H3/t17?,19?,32-/m1/s1. The Morgan fingerprint density at radius 2 is 1.91 bits per heavy atom. The number of H-pyrrole nitrogens is 1. The molecule has 0 radical (unpaired) electrons. The molecular weight excluding hydrogens is 430 g/mol. The van der Waals surface area contributed by atoms with E-state index in [4.69, 9.17) is 4.78 Å². The maximum atomic E-state index is 14.0. The fourth-order valence-corrected chi connectivity index (χ4v) is 6.71. The van der Waals surface area contributed by atoms with Crippen molar-refractivity contribution in [1.82, 2.24) is 9.88 Å². The highest BCUT2D eigenvalue weighted by molar-refractivity contribution is 7.93. The molecule has 1 saturated heterocycles. The lowest BCUT2D eigenvalue weighted by Gasteiger charge is -2.40. The van der Waals surface area contributed by atoms with Crippen LogP contribution in [0, 0.1) is 4.78 Å². The zero-order valence-corrected chi connectivity index (χ0v) is 19.1. The Kier molecular flexibility index (Phi) is 5.05. The molecule has 0 unspecified atom stereocenters. The second-order valence-corrected chi connectivity index (χ2v) is 11.6. The van der Waals surface area contributed by atoms with E-state index in [0.29, 0.717) is 16.6 Å². The van der Waals surface area contributed by atoms with E-state index in [9.17, 15) is 13.0 Å². The fraction of sp³-hybridized carbons (Fsp3) is 0.417. The van der Waals surface area contributed by atoms with Crippen LogP contribution in [-0.4, -0.2) is 58.5 Å². The van der Waals surface area contributed by atoms with Gasteiger partial charge in [-0.3, -0.25) is 0 Å². The van der Waals surface area contributed by atoms with Crippen molar-refractivity contribution in [3.63, 3.8) is 0 Å². The molecule has 8 heteroatoms. The molecule has 1 saturated carbocycles. The van der Waals surface area contributed by atoms with Gasteiger partial charge in [-0.2, -0.15) is 0 Å². The summed E-state index contributed by atoms with van der Waals surface area (Å²) in [5.74, 6) is -2.72. The summed E-state index contributed by atoms with van der Waals surface area (Å²) in [5.41, 5.74) is 3.14. The number of alkyl halides is 2. The highest BCUT2D eigenvalue weighted by atomic mass is 32.2.